The number of benzene rings is 1. The second-order valence-electron chi connectivity index (χ2n) is 11.6. The lowest BCUT2D eigenvalue weighted by Gasteiger charge is -2.46. The minimum absolute atomic E-state index is 0.0241. The molecule has 14 nitrogen and oxygen atoms in total. The lowest BCUT2D eigenvalue weighted by molar-refractivity contribution is -0.521. The number of hydrogen-bond donors (Lipinski definition) is 9. The van der Waals surface area contributed by atoms with Gasteiger partial charge in [-0.1, -0.05) is 26.0 Å². The van der Waals surface area contributed by atoms with E-state index in [2.05, 4.69) is 45.1 Å². The van der Waals surface area contributed by atoms with E-state index in [0.717, 1.165) is 24.8 Å². The molecule has 4 aliphatic heterocycles. The van der Waals surface area contributed by atoms with Crippen molar-refractivity contribution in [3.8, 4) is 5.75 Å². The summed E-state index contributed by atoms with van der Waals surface area (Å²) in [5.74, 6) is -2.45. The maximum Gasteiger partial charge on any atom is 0.343 e. The fraction of sp³-hybridized carbons (Fsp3) is 0.600. The predicted molar refractivity (Wildman–Crippen MR) is 139 cm³/mol. The van der Waals surface area contributed by atoms with Crippen molar-refractivity contribution in [3.63, 3.8) is 0 Å². The number of aliphatic hydroxyl groups is 2. The highest BCUT2D eigenvalue weighted by Crippen LogP contribution is 2.43. The molecule has 2 unspecified atom stereocenters. The normalized spacial score (nSPS) is 31.4. The van der Waals surface area contributed by atoms with E-state index >= 15 is 0 Å². The molecule has 4 atom stereocenters. The van der Waals surface area contributed by atoms with Gasteiger partial charge < -0.3 is 36.6 Å². The van der Waals surface area contributed by atoms with Crippen LogP contribution in [0.5, 0.6) is 5.75 Å². The number of rotatable bonds is 5. The van der Waals surface area contributed by atoms with Crippen LogP contribution in [-0.4, -0.2) is 94.3 Å². The SMILES string of the molecule is CC1(C)CCOc2c(C(=O)NC3CN4C(N)=N[C@@H](CNC(=O)NC5CC5)[C@@H]5[NH+]=C(N)NC54C3(O)O)cccc21. The van der Waals surface area contributed by atoms with E-state index in [4.69, 9.17) is 16.2 Å². The average Bonchev–Trinajstić information content (AvgIpc) is 3.56. The number of aliphatic imine (C=N–C) groups is 1. The number of nitrogens with one attached hydrogen (secondary N) is 5. The fourth-order valence-corrected chi connectivity index (χ4v) is 6.18. The molecule has 1 aliphatic carbocycles. The first-order chi connectivity index (χ1) is 18.4. The zero-order valence-electron chi connectivity index (χ0n) is 22.0. The number of hydrogen-bond acceptors (Lipinski definition) is 10. The molecule has 1 aromatic carbocycles. The van der Waals surface area contributed by atoms with Gasteiger partial charge in [0, 0.05) is 18.2 Å². The first-order valence-electron chi connectivity index (χ1n) is 13.3. The number of ether oxygens (including phenoxy) is 1. The zero-order valence-corrected chi connectivity index (χ0v) is 22.0. The topological polar surface area (TPSA) is 214 Å². The van der Waals surface area contributed by atoms with Gasteiger partial charge in [0.25, 0.3) is 11.6 Å². The second kappa shape index (κ2) is 8.61. The average molecular weight is 543 g/mol. The highest BCUT2D eigenvalue weighted by Gasteiger charge is 2.76. The van der Waals surface area contributed by atoms with E-state index in [1.807, 2.05) is 6.07 Å². The Morgan fingerprint density at radius 3 is 2.77 bits per heavy atom. The lowest BCUT2D eigenvalue weighted by Crippen LogP contribution is -2.90. The standard InChI is InChI=1S/C25H35N9O5/c1-23(2)8-9-39-17-13(4-3-5-14(17)23)19(35)31-16-11-34-21(27)30-15(10-28-22(36)29-12-6-7-12)18-24(34,25(16,37)38)33-20(26)32-18/h3-5,12,15-16,18,37-38H,6-11H2,1-2H3,(H2,27,30)(H,31,35)(H3,26,32,33)(H2,28,29,36)/p+1/t15-,16?,18-,24?/m0/s1. The molecule has 1 saturated heterocycles. The van der Waals surface area contributed by atoms with E-state index in [1.54, 1.807) is 12.1 Å². The fourth-order valence-electron chi connectivity index (χ4n) is 6.18. The van der Waals surface area contributed by atoms with Crippen molar-refractivity contribution in [3.05, 3.63) is 29.3 Å². The molecule has 1 saturated carbocycles. The van der Waals surface area contributed by atoms with Crippen molar-refractivity contribution in [1.82, 2.24) is 26.2 Å². The first-order valence-corrected chi connectivity index (χ1v) is 13.3. The Hall–Kier alpha value is -3.78. The number of carbonyl (C=O) groups is 2. The summed E-state index contributed by atoms with van der Waals surface area (Å²) in [5.41, 5.74) is 11.8. The van der Waals surface area contributed by atoms with Crippen molar-refractivity contribution in [2.24, 2.45) is 16.5 Å². The van der Waals surface area contributed by atoms with Crippen LogP contribution in [0.25, 0.3) is 0 Å². The Morgan fingerprint density at radius 1 is 1.26 bits per heavy atom. The molecule has 1 spiro atoms. The van der Waals surface area contributed by atoms with Crippen molar-refractivity contribution < 1.29 is 29.5 Å². The van der Waals surface area contributed by atoms with Crippen LogP contribution in [0.3, 0.4) is 0 Å². The van der Waals surface area contributed by atoms with Crippen LogP contribution in [0.15, 0.2) is 23.2 Å². The lowest BCUT2D eigenvalue weighted by atomic mass is 9.79. The molecule has 1 aromatic rings. The minimum atomic E-state index is -2.55. The molecule has 2 fully saturated rings. The molecule has 0 bridgehead atoms. The zero-order chi connectivity index (χ0) is 27.7. The number of amides is 3. The molecule has 4 heterocycles. The van der Waals surface area contributed by atoms with E-state index in [-0.39, 0.29) is 42.5 Å². The summed E-state index contributed by atoms with van der Waals surface area (Å²) in [6.07, 6.45) is 2.70. The van der Waals surface area contributed by atoms with Crippen LogP contribution >= 0.6 is 0 Å². The summed E-state index contributed by atoms with van der Waals surface area (Å²) < 4.78 is 5.89. The van der Waals surface area contributed by atoms with E-state index in [9.17, 15) is 19.8 Å². The molecule has 14 heteroatoms. The van der Waals surface area contributed by atoms with Gasteiger partial charge in [0.05, 0.1) is 18.7 Å². The van der Waals surface area contributed by atoms with Gasteiger partial charge in [-0.2, -0.15) is 0 Å². The monoisotopic (exact) mass is 542 g/mol. The van der Waals surface area contributed by atoms with Gasteiger partial charge in [0.2, 0.25) is 5.79 Å². The number of urea groups is 1. The minimum Gasteiger partial charge on any atom is -0.492 e. The molecule has 0 aromatic heterocycles. The van der Waals surface area contributed by atoms with Gasteiger partial charge in [0.15, 0.2) is 12.0 Å². The van der Waals surface area contributed by atoms with Crippen molar-refractivity contribution in [2.45, 2.75) is 74.1 Å². The largest absolute Gasteiger partial charge is 0.492 e. The Bertz CT molecular complexity index is 1280. The van der Waals surface area contributed by atoms with Gasteiger partial charge >= 0.3 is 12.0 Å². The van der Waals surface area contributed by atoms with Gasteiger partial charge in [0.1, 0.15) is 17.8 Å². The molecule has 6 rings (SSSR count). The highest BCUT2D eigenvalue weighted by molar-refractivity contribution is 5.98. The summed E-state index contributed by atoms with van der Waals surface area (Å²) >= 11 is 0. The summed E-state index contributed by atoms with van der Waals surface area (Å²) in [6.45, 7) is 4.68. The van der Waals surface area contributed by atoms with Crippen LogP contribution in [0.2, 0.25) is 0 Å². The van der Waals surface area contributed by atoms with E-state index in [1.165, 1.54) is 4.90 Å². The van der Waals surface area contributed by atoms with E-state index < -0.39 is 35.5 Å². The van der Waals surface area contributed by atoms with Crippen LogP contribution in [0.4, 0.5) is 4.79 Å². The van der Waals surface area contributed by atoms with Gasteiger partial charge in [-0.3, -0.25) is 20.4 Å². The molecular weight excluding hydrogens is 506 g/mol. The second-order valence-corrected chi connectivity index (χ2v) is 11.6. The smallest absolute Gasteiger partial charge is 0.343 e. The molecule has 5 aliphatic rings. The predicted octanol–water partition coefficient (Wildman–Crippen LogP) is -3.94. The number of nitrogens with zero attached hydrogens (tertiary/aromatic N) is 2. The molecule has 39 heavy (non-hydrogen) atoms. The van der Waals surface area contributed by atoms with Gasteiger partial charge in [-0.25, -0.2) is 15.1 Å². The Morgan fingerprint density at radius 2 is 2.03 bits per heavy atom. The summed E-state index contributed by atoms with van der Waals surface area (Å²) in [6, 6.07) is 2.56. The van der Waals surface area contributed by atoms with Crippen LogP contribution < -0.4 is 42.5 Å². The maximum absolute atomic E-state index is 13.5. The number of carbonyl (C=O) groups excluding carboxylic acids is 2. The Balaban J connectivity index is 1.26. The molecule has 0 radical (unpaired) electrons. The molecule has 3 amide bonds. The number of guanidine groups is 2. The third-order valence-electron chi connectivity index (χ3n) is 8.54. The van der Waals surface area contributed by atoms with E-state index in [0.29, 0.717) is 17.9 Å². The van der Waals surface area contributed by atoms with Crippen LogP contribution in [0, 0.1) is 0 Å². The molecule has 210 valence electrons. The van der Waals surface area contributed by atoms with Gasteiger partial charge in [-0.05, 0) is 30.7 Å². The maximum atomic E-state index is 13.5. The molecule has 11 N–H and O–H groups in total. The van der Waals surface area contributed by atoms with Crippen molar-refractivity contribution in [2.75, 3.05) is 19.7 Å². The summed E-state index contributed by atoms with van der Waals surface area (Å²) in [7, 11) is 0. The van der Waals surface area contributed by atoms with Crippen molar-refractivity contribution in [1.29, 1.82) is 0 Å². The quantitative estimate of drug-likeness (QED) is 0.166. The van der Waals surface area contributed by atoms with Gasteiger partial charge in [-0.15, -0.1) is 0 Å². The third kappa shape index (κ3) is 3.92. The van der Waals surface area contributed by atoms with Crippen LogP contribution in [0.1, 0.15) is 49.0 Å². The molecular formula is C25H36N9O5+. The number of para-hydroxylation sites is 1. The highest BCUT2D eigenvalue weighted by atomic mass is 16.5. The Labute approximate surface area is 225 Å². The first kappa shape index (κ1) is 25.5. The summed E-state index contributed by atoms with van der Waals surface area (Å²) in [4.78, 5) is 34.8. The van der Waals surface area contributed by atoms with Crippen molar-refractivity contribution >= 4 is 23.9 Å². The third-order valence-corrected chi connectivity index (χ3v) is 8.54. The number of fused-ring (bicyclic) bond motifs is 1. The van der Waals surface area contributed by atoms with Crippen LogP contribution in [-0.2, 0) is 5.41 Å². The Kier molecular flexibility index (Phi) is 5.63. The summed E-state index contributed by atoms with van der Waals surface area (Å²) in [5, 5.41) is 34.7. The number of nitrogens with two attached hydrogens (primary N) is 2.